The Kier molecular flexibility index (Phi) is 7.69. The molecule has 0 bridgehead atoms. The van der Waals surface area contributed by atoms with Gasteiger partial charge in [0.05, 0.1) is 10.9 Å². The van der Waals surface area contributed by atoms with Crippen molar-refractivity contribution in [3.8, 4) is 0 Å². The molecule has 2 amide bonds. The zero-order valence-electron chi connectivity index (χ0n) is 18.9. The molecule has 3 rings (SSSR count). The van der Waals surface area contributed by atoms with Crippen molar-refractivity contribution in [1.29, 1.82) is 0 Å². The molecule has 1 fully saturated rings. The van der Waals surface area contributed by atoms with E-state index >= 15 is 0 Å². The molecule has 2 aromatic carbocycles. The Morgan fingerprint density at radius 1 is 1.03 bits per heavy atom. The zero-order valence-corrected chi connectivity index (χ0v) is 19.7. The van der Waals surface area contributed by atoms with Gasteiger partial charge >= 0.3 is 0 Å². The van der Waals surface area contributed by atoms with Crippen molar-refractivity contribution in [1.82, 2.24) is 9.62 Å². The van der Waals surface area contributed by atoms with E-state index in [0.717, 1.165) is 24.1 Å². The van der Waals surface area contributed by atoms with Crippen molar-refractivity contribution in [2.45, 2.75) is 51.0 Å². The highest BCUT2D eigenvalue weighted by Crippen LogP contribution is 2.22. The second-order valence-corrected chi connectivity index (χ2v) is 9.84. The van der Waals surface area contributed by atoms with Crippen LogP contribution in [0.4, 0.5) is 5.69 Å². The molecule has 0 radical (unpaired) electrons. The van der Waals surface area contributed by atoms with Crippen LogP contribution >= 0.6 is 0 Å². The van der Waals surface area contributed by atoms with Gasteiger partial charge in [-0.05, 0) is 61.7 Å². The van der Waals surface area contributed by atoms with Gasteiger partial charge in [0.15, 0.2) is 0 Å². The zero-order chi connectivity index (χ0) is 23.3. The number of carbonyl (C=O) groups excluding carboxylic acids is 2. The molecule has 1 saturated heterocycles. The van der Waals surface area contributed by atoms with Gasteiger partial charge in [-0.15, -0.1) is 0 Å². The van der Waals surface area contributed by atoms with Crippen LogP contribution in [0.5, 0.6) is 0 Å². The lowest BCUT2D eigenvalue weighted by molar-refractivity contribution is -0.119. The Morgan fingerprint density at radius 2 is 1.66 bits per heavy atom. The van der Waals surface area contributed by atoms with Crippen molar-refractivity contribution in [2.24, 2.45) is 0 Å². The number of piperidine rings is 1. The topological polar surface area (TPSA) is 86.8 Å². The maximum atomic E-state index is 12.7. The summed E-state index contributed by atoms with van der Waals surface area (Å²) in [5.74, 6) is -0.109. The Labute approximate surface area is 190 Å². The number of carbonyl (C=O) groups is 2. The van der Waals surface area contributed by atoms with E-state index in [4.69, 9.17) is 0 Å². The second kappa shape index (κ2) is 10.3. The van der Waals surface area contributed by atoms with Crippen molar-refractivity contribution < 1.29 is 18.0 Å². The molecule has 0 saturated carbocycles. The van der Waals surface area contributed by atoms with E-state index < -0.39 is 10.0 Å². The molecule has 1 aliphatic rings. The molecule has 0 aliphatic carbocycles. The predicted molar refractivity (Wildman–Crippen MR) is 125 cm³/mol. The van der Waals surface area contributed by atoms with Gasteiger partial charge in [-0.1, -0.05) is 26.0 Å². The summed E-state index contributed by atoms with van der Waals surface area (Å²) in [6, 6.07) is 13.4. The average molecular weight is 458 g/mol. The molecule has 1 heterocycles. The number of rotatable bonds is 8. The summed E-state index contributed by atoms with van der Waals surface area (Å²) in [6.45, 7) is 7.01. The number of benzene rings is 2. The van der Waals surface area contributed by atoms with Crippen LogP contribution in [-0.2, 0) is 14.8 Å². The molecule has 32 heavy (non-hydrogen) atoms. The molecule has 0 aromatic heterocycles. The van der Waals surface area contributed by atoms with Gasteiger partial charge in [-0.3, -0.25) is 9.59 Å². The summed E-state index contributed by atoms with van der Waals surface area (Å²) >= 11 is 0. The van der Waals surface area contributed by atoms with Crippen molar-refractivity contribution in [3.63, 3.8) is 0 Å². The Morgan fingerprint density at radius 3 is 2.22 bits per heavy atom. The standard InChI is InChI=1S/C24H31N3O4S/c1-4-26(5-2)32(30,31)22-15-11-19(12-16-22)18(3)25-24(29)20-9-13-21(14-10-20)27-17-7-6-8-23(27)28/h9-16,18H,4-8,17H2,1-3H3,(H,25,29). The second-order valence-electron chi connectivity index (χ2n) is 7.90. The fourth-order valence-electron chi connectivity index (χ4n) is 3.88. The average Bonchev–Trinajstić information content (AvgIpc) is 2.80. The van der Waals surface area contributed by atoms with E-state index in [2.05, 4.69) is 5.32 Å². The van der Waals surface area contributed by atoms with E-state index in [1.54, 1.807) is 53.4 Å². The number of nitrogens with one attached hydrogen (secondary N) is 1. The van der Waals surface area contributed by atoms with Gasteiger partial charge in [-0.25, -0.2) is 8.42 Å². The number of hydrogen-bond acceptors (Lipinski definition) is 4. The van der Waals surface area contributed by atoms with Crippen molar-refractivity contribution in [3.05, 3.63) is 59.7 Å². The van der Waals surface area contributed by atoms with Gasteiger partial charge < -0.3 is 10.2 Å². The lowest BCUT2D eigenvalue weighted by atomic mass is 10.1. The smallest absolute Gasteiger partial charge is 0.251 e. The minimum absolute atomic E-state index is 0.119. The molecule has 1 aliphatic heterocycles. The molecule has 1 atom stereocenters. The highest BCUT2D eigenvalue weighted by Gasteiger charge is 2.22. The first-order valence-electron chi connectivity index (χ1n) is 11.1. The Bertz CT molecular complexity index is 1050. The summed E-state index contributed by atoms with van der Waals surface area (Å²) in [7, 11) is -3.51. The number of anilines is 1. The van der Waals surface area contributed by atoms with Crippen LogP contribution in [0.1, 0.15) is 62.0 Å². The lowest BCUT2D eigenvalue weighted by Crippen LogP contribution is -2.35. The number of amides is 2. The van der Waals surface area contributed by atoms with Gasteiger partial charge in [0.25, 0.3) is 5.91 Å². The molecule has 1 N–H and O–H groups in total. The Balaban J connectivity index is 1.66. The third-order valence-electron chi connectivity index (χ3n) is 5.84. The van der Waals surface area contributed by atoms with E-state index in [9.17, 15) is 18.0 Å². The summed E-state index contributed by atoms with van der Waals surface area (Å²) in [4.78, 5) is 26.8. The maximum Gasteiger partial charge on any atom is 0.251 e. The first-order chi connectivity index (χ1) is 15.3. The van der Waals surface area contributed by atoms with E-state index in [1.165, 1.54) is 4.31 Å². The number of sulfonamides is 1. The number of nitrogens with zero attached hydrogens (tertiary/aromatic N) is 2. The summed E-state index contributed by atoms with van der Waals surface area (Å²) in [6.07, 6.45) is 2.48. The van der Waals surface area contributed by atoms with Crippen LogP contribution in [-0.4, -0.2) is 44.2 Å². The predicted octanol–water partition coefficient (Wildman–Crippen LogP) is 3.73. The quantitative estimate of drug-likeness (QED) is 0.654. The fraction of sp³-hybridized carbons (Fsp3) is 0.417. The lowest BCUT2D eigenvalue weighted by Gasteiger charge is -2.26. The first kappa shape index (κ1) is 23.9. The molecule has 172 valence electrons. The molecule has 8 heteroatoms. The summed E-state index contributed by atoms with van der Waals surface area (Å²) < 4.78 is 26.7. The van der Waals surface area contributed by atoms with Crippen LogP contribution < -0.4 is 10.2 Å². The Hall–Kier alpha value is -2.71. The van der Waals surface area contributed by atoms with Crippen molar-refractivity contribution in [2.75, 3.05) is 24.5 Å². The summed E-state index contributed by atoms with van der Waals surface area (Å²) in [5.41, 5.74) is 2.13. The van der Waals surface area contributed by atoms with Crippen LogP contribution in [0.3, 0.4) is 0 Å². The van der Waals surface area contributed by atoms with Crippen LogP contribution in [0, 0.1) is 0 Å². The molecule has 7 nitrogen and oxygen atoms in total. The van der Waals surface area contributed by atoms with Gasteiger partial charge in [0.1, 0.15) is 0 Å². The van der Waals surface area contributed by atoms with E-state index in [-0.39, 0.29) is 22.8 Å². The van der Waals surface area contributed by atoms with Crippen LogP contribution in [0.2, 0.25) is 0 Å². The maximum absolute atomic E-state index is 12.7. The third-order valence-corrected chi connectivity index (χ3v) is 7.90. The van der Waals surface area contributed by atoms with Gasteiger partial charge in [-0.2, -0.15) is 4.31 Å². The molecular weight excluding hydrogens is 426 g/mol. The van der Waals surface area contributed by atoms with Crippen LogP contribution in [0.25, 0.3) is 0 Å². The first-order valence-corrected chi connectivity index (χ1v) is 12.5. The van der Waals surface area contributed by atoms with Crippen LogP contribution in [0.15, 0.2) is 53.4 Å². The monoisotopic (exact) mass is 457 g/mol. The molecule has 0 spiro atoms. The van der Waals surface area contributed by atoms with E-state index in [1.807, 2.05) is 20.8 Å². The summed E-state index contributed by atoms with van der Waals surface area (Å²) in [5, 5.41) is 2.94. The third kappa shape index (κ3) is 5.19. The number of hydrogen-bond donors (Lipinski definition) is 1. The highest BCUT2D eigenvalue weighted by atomic mass is 32.2. The SMILES string of the molecule is CCN(CC)S(=O)(=O)c1ccc(C(C)NC(=O)c2ccc(N3CCCCC3=O)cc2)cc1. The van der Waals surface area contributed by atoms with Crippen molar-refractivity contribution >= 4 is 27.5 Å². The molecule has 1 unspecified atom stereocenters. The fourth-order valence-corrected chi connectivity index (χ4v) is 5.33. The molecular formula is C24H31N3O4S. The highest BCUT2D eigenvalue weighted by molar-refractivity contribution is 7.89. The largest absolute Gasteiger partial charge is 0.346 e. The van der Waals surface area contributed by atoms with Gasteiger partial charge in [0, 0.05) is 37.3 Å². The minimum atomic E-state index is -3.51. The van der Waals surface area contributed by atoms with Gasteiger partial charge in [0.2, 0.25) is 15.9 Å². The molecule has 2 aromatic rings. The van der Waals surface area contributed by atoms with E-state index in [0.29, 0.717) is 31.6 Å². The normalized spacial score (nSPS) is 15.6. The minimum Gasteiger partial charge on any atom is -0.346 e.